The average Bonchev–Trinajstić information content (AvgIpc) is 1.77. The average molecular weight is 117 g/mol. The van der Waals surface area contributed by atoms with E-state index in [-0.39, 0.29) is 5.92 Å². The van der Waals surface area contributed by atoms with Gasteiger partial charge < -0.3 is 5.32 Å². The van der Waals surface area contributed by atoms with Gasteiger partial charge in [0.1, 0.15) is 6.17 Å². The summed E-state index contributed by atoms with van der Waals surface area (Å²) in [5.41, 5.74) is 0. The molecule has 1 aliphatic heterocycles. The monoisotopic (exact) mass is 117 g/mol. The first kappa shape index (κ1) is 6.02. The second kappa shape index (κ2) is 2.44. The minimum Gasteiger partial charge on any atom is -0.314 e. The quantitative estimate of drug-likeness (QED) is 0.498. The van der Waals surface area contributed by atoms with Gasteiger partial charge in [0.25, 0.3) is 0 Å². The Bertz CT molecular complexity index is 64.9. The summed E-state index contributed by atoms with van der Waals surface area (Å²) in [6, 6.07) is 0. The Labute approximate surface area is 49.3 Å². The molecular weight excluding hydrogens is 105 g/mol. The zero-order valence-corrected chi connectivity index (χ0v) is 5.15. The molecule has 2 atom stereocenters. The fourth-order valence-electron chi connectivity index (χ4n) is 0.952. The van der Waals surface area contributed by atoms with Crippen molar-refractivity contribution in [3.63, 3.8) is 0 Å². The van der Waals surface area contributed by atoms with Crippen molar-refractivity contribution < 1.29 is 4.39 Å². The van der Waals surface area contributed by atoms with E-state index in [2.05, 4.69) is 5.32 Å². The third-order valence-corrected chi connectivity index (χ3v) is 1.73. The molecule has 1 rings (SSSR count). The summed E-state index contributed by atoms with van der Waals surface area (Å²) in [5, 5.41) is 2.99. The largest absolute Gasteiger partial charge is 0.314 e. The molecule has 0 bridgehead atoms. The smallest absolute Gasteiger partial charge is 0.115 e. The van der Waals surface area contributed by atoms with Crippen LogP contribution in [0.2, 0.25) is 0 Å². The number of alkyl halides is 1. The summed E-state index contributed by atoms with van der Waals surface area (Å²) in [4.78, 5) is 0. The minimum absolute atomic E-state index is 0.274. The van der Waals surface area contributed by atoms with Gasteiger partial charge in [-0.3, -0.25) is 0 Å². The van der Waals surface area contributed by atoms with Gasteiger partial charge in [-0.2, -0.15) is 0 Å². The van der Waals surface area contributed by atoms with Crippen molar-refractivity contribution in [2.75, 3.05) is 13.1 Å². The Morgan fingerprint density at radius 3 is 2.75 bits per heavy atom. The molecule has 8 heavy (non-hydrogen) atoms. The van der Waals surface area contributed by atoms with Gasteiger partial charge in [-0.25, -0.2) is 4.39 Å². The van der Waals surface area contributed by atoms with E-state index >= 15 is 0 Å². The van der Waals surface area contributed by atoms with Gasteiger partial charge in [-0.05, 0) is 18.9 Å². The van der Waals surface area contributed by atoms with E-state index in [1.165, 1.54) is 0 Å². The number of nitrogens with one attached hydrogen (secondary N) is 1. The summed E-state index contributed by atoms with van der Waals surface area (Å²) in [6.07, 6.45) is 0.380. The van der Waals surface area contributed by atoms with Gasteiger partial charge in [0.05, 0.1) is 0 Å². The molecular formula is C6H12FN. The lowest BCUT2D eigenvalue weighted by Gasteiger charge is -2.22. The number of halogens is 1. The SMILES string of the molecule is C[C@@H]1CCNC[C@@H]1F. The molecule has 1 saturated heterocycles. The van der Waals surface area contributed by atoms with E-state index in [1.807, 2.05) is 6.92 Å². The number of hydrogen-bond acceptors (Lipinski definition) is 1. The fourth-order valence-corrected chi connectivity index (χ4v) is 0.952. The first-order valence-corrected chi connectivity index (χ1v) is 3.15. The summed E-state index contributed by atoms with van der Waals surface area (Å²) in [7, 11) is 0. The number of hydrogen-bond donors (Lipinski definition) is 1. The van der Waals surface area contributed by atoms with Crippen LogP contribution >= 0.6 is 0 Å². The van der Waals surface area contributed by atoms with Crippen LogP contribution < -0.4 is 5.32 Å². The maximum Gasteiger partial charge on any atom is 0.115 e. The van der Waals surface area contributed by atoms with Crippen molar-refractivity contribution in [1.82, 2.24) is 5.32 Å². The molecule has 1 N–H and O–H groups in total. The zero-order valence-electron chi connectivity index (χ0n) is 5.15. The third-order valence-electron chi connectivity index (χ3n) is 1.73. The zero-order chi connectivity index (χ0) is 5.98. The summed E-state index contributed by atoms with van der Waals surface area (Å²) >= 11 is 0. The summed E-state index contributed by atoms with van der Waals surface area (Å²) in [6.45, 7) is 3.51. The van der Waals surface area contributed by atoms with Gasteiger partial charge in [0, 0.05) is 6.54 Å². The Kier molecular flexibility index (Phi) is 1.84. The lowest BCUT2D eigenvalue weighted by molar-refractivity contribution is 0.194. The predicted octanol–water partition coefficient (Wildman–Crippen LogP) is 0.954. The van der Waals surface area contributed by atoms with Crippen LogP contribution in [-0.2, 0) is 0 Å². The van der Waals surface area contributed by atoms with E-state index in [0.29, 0.717) is 6.54 Å². The lowest BCUT2D eigenvalue weighted by Crippen LogP contribution is -2.36. The Hall–Kier alpha value is -0.110. The van der Waals surface area contributed by atoms with Gasteiger partial charge in [0.2, 0.25) is 0 Å². The van der Waals surface area contributed by atoms with E-state index in [0.717, 1.165) is 13.0 Å². The van der Waals surface area contributed by atoms with Crippen LogP contribution in [0, 0.1) is 5.92 Å². The number of rotatable bonds is 0. The van der Waals surface area contributed by atoms with Crippen molar-refractivity contribution in [1.29, 1.82) is 0 Å². The van der Waals surface area contributed by atoms with Gasteiger partial charge in [-0.15, -0.1) is 0 Å². The second-order valence-electron chi connectivity index (χ2n) is 2.49. The molecule has 48 valence electrons. The third kappa shape index (κ3) is 1.19. The molecule has 0 saturated carbocycles. The normalized spacial score (nSPS) is 39.8. The van der Waals surface area contributed by atoms with Crippen LogP contribution in [0.5, 0.6) is 0 Å². The first-order chi connectivity index (χ1) is 3.80. The summed E-state index contributed by atoms with van der Waals surface area (Å²) in [5.74, 6) is 0.274. The van der Waals surface area contributed by atoms with E-state index in [4.69, 9.17) is 0 Å². The minimum atomic E-state index is -0.608. The molecule has 0 aromatic heterocycles. The fraction of sp³-hybridized carbons (Fsp3) is 1.00. The molecule has 1 nitrogen and oxygen atoms in total. The van der Waals surface area contributed by atoms with Crippen molar-refractivity contribution in [3.05, 3.63) is 0 Å². The molecule has 1 heterocycles. The highest BCUT2D eigenvalue weighted by molar-refractivity contribution is 4.73. The molecule has 0 spiro atoms. The maximum absolute atomic E-state index is 12.5. The summed E-state index contributed by atoms with van der Waals surface area (Å²) < 4.78 is 12.5. The highest BCUT2D eigenvalue weighted by atomic mass is 19.1. The standard InChI is InChI=1S/C6H12FN/c1-5-2-3-8-4-6(5)7/h5-6,8H,2-4H2,1H3/t5-,6+/m1/s1. The van der Waals surface area contributed by atoms with Crippen molar-refractivity contribution in [2.45, 2.75) is 19.5 Å². The molecule has 2 heteroatoms. The molecule has 0 aromatic carbocycles. The van der Waals surface area contributed by atoms with Crippen LogP contribution in [0.3, 0.4) is 0 Å². The molecule has 0 aromatic rings. The van der Waals surface area contributed by atoms with Crippen LogP contribution in [0.25, 0.3) is 0 Å². The van der Waals surface area contributed by atoms with Crippen molar-refractivity contribution >= 4 is 0 Å². The Balaban J connectivity index is 2.28. The Morgan fingerprint density at radius 1 is 1.62 bits per heavy atom. The van der Waals surface area contributed by atoms with Crippen LogP contribution in [0.1, 0.15) is 13.3 Å². The molecule has 0 amide bonds. The van der Waals surface area contributed by atoms with Crippen LogP contribution in [-0.4, -0.2) is 19.3 Å². The van der Waals surface area contributed by atoms with E-state index < -0.39 is 6.17 Å². The van der Waals surface area contributed by atoms with E-state index in [1.54, 1.807) is 0 Å². The first-order valence-electron chi connectivity index (χ1n) is 3.15. The molecule has 0 aliphatic carbocycles. The predicted molar refractivity (Wildman–Crippen MR) is 31.5 cm³/mol. The second-order valence-corrected chi connectivity index (χ2v) is 2.49. The maximum atomic E-state index is 12.5. The highest BCUT2D eigenvalue weighted by Crippen LogP contribution is 2.13. The lowest BCUT2D eigenvalue weighted by atomic mass is 9.99. The van der Waals surface area contributed by atoms with Crippen LogP contribution in [0.4, 0.5) is 4.39 Å². The Morgan fingerprint density at radius 2 is 2.38 bits per heavy atom. The number of piperidine rings is 1. The molecule has 0 unspecified atom stereocenters. The van der Waals surface area contributed by atoms with Gasteiger partial charge in [-0.1, -0.05) is 6.92 Å². The van der Waals surface area contributed by atoms with Gasteiger partial charge >= 0.3 is 0 Å². The highest BCUT2D eigenvalue weighted by Gasteiger charge is 2.18. The van der Waals surface area contributed by atoms with E-state index in [9.17, 15) is 4.39 Å². The molecule has 0 radical (unpaired) electrons. The topological polar surface area (TPSA) is 12.0 Å². The van der Waals surface area contributed by atoms with Crippen molar-refractivity contribution in [2.24, 2.45) is 5.92 Å². The van der Waals surface area contributed by atoms with Crippen LogP contribution in [0.15, 0.2) is 0 Å². The molecule has 1 fully saturated rings. The van der Waals surface area contributed by atoms with Crippen molar-refractivity contribution in [3.8, 4) is 0 Å². The molecule has 1 aliphatic rings. The van der Waals surface area contributed by atoms with Gasteiger partial charge in [0.15, 0.2) is 0 Å².